The van der Waals surface area contributed by atoms with Crippen molar-refractivity contribution in [1.29, 1.82) is 0 Å². The van der Waals surface area contributed by atoms with Gasteiger partial charge in [-0.25, -0.2) is 9.18 Å². The smallest absolute Gasteiger partial charge is 0.315 e. The topological polar surface area (TPSA) is 79.4 Å². The van der Waals surface area contributed by atoms with E-state index in [0.29, 0.717) is 36.8 Å². The third-order valence-corrected chi connectivity index (χ3v) is 9.75. The van der Waals surface area contributed by atoms with Crippen molar-refractivity contribution < 1.29 is 9.18 Å². The van der Waals surface area contributed by atoms with Gasteiger partial charge >= 0.3 is 6.03 Å². The molecule has 1 aromatic heterocycles. The van der Waals surface area contributed by atoms with Gasteiger partial charge in [0.15, 0.2) is 0 Å². The summed E-state index contributed by atoms with van der Waals surface area (Å²) in [7, 11) is 0. The number of aryl methyl sites for hydroxylation is 1. The molecule has 3 N–H and O–H groups in total. The van der Waals surface area contributed by atoms with E-state index in [1.807, 2.05) is 60.3 Å². The molecule has 0 aliphatic carbocycles. The minimum atomic E-state index is -0.414. The van der Waals surface area contributed by atoms with E-state index >= 15 is 0 Å². The summed E-state index contributed by atoms with van der Waals surface area (Å²) in [5.74, 6) is 8.68. The van der Waals surface area contributed by atoms with E-state index in [-0.39, 0.29) is 5.82 Å². The number of nitrogens with one attached hydrogen (secondary N) is 1. The van der Waals surface area contributed by atoms with Gasteiger partial charge in [-0.3, -0.25) is 4.68 Å². The highest BCUT2D eigenvalue weighted by atomic mass is 35.5. The van der Waals surface area contributed by atoms with Gasteiger partial charge in [0.1, 0.15) is 5.82 Å². The molecule has 0 atom stereocenters. The van der Waals surface area contributed by atoms with Crippen molar-refractivity contribution in [2.24, 2.45) is 5.73 Å². The normalized spacial score (nSPS) is 14.9. The number of benzene rings is 3. The lowest BCUT2D eigenvalue weighted by atomic mass is 9.99. The molecule has 4 aromatic rings. The van der Waals surface area contributed by atoms with E-state index < -0.39 is 6.03 Å². The number of halogens is 2. The predicted molar refractivity (Wildman–Crippen MR) is 184 cm³/mol. The zero-order chi connectivity index (χ0) is 31.9. The average Bonchev–Trinajstić information content (AvgIpc) is 3.43. The Hall–Kier alpha value is -3.81. The maximum Gasteiger partial charge on any atom is 0.315 e. The van der Waals surface area contributed by atoms with Crippen LogP contribution in [0.4, 0.5) is 9.18 Å². The Labute approximate surface area is 279 Å². The van der Waals surface area contributed by atoms with Crippen molar-refractivity contribution in [3.05, 3.63) is 111 Å². The van der Waals surface area contributed by atoms with Crippen molar-refractivity contribution >= 4 is 29.4 Å². The molecule has 0 unspecified atom stereocenters. The molecule has 1 fully saturated rings. The first-order valence-corrected chi connectivity index (χ1v) is 17.3. The molecular weight excluding hydrogens is 619 g/mol. The minimum absolute atomic E-state index is 0.227. The molecule has 2 aliphatic rings. The number of hydrogen-bond acceptors (Lipinski definition) is 5. The summed E-state index contributed by atoms with van der Waals surface area (Å²) in [4.78, 5) is 16.3. The number of amides is 2. The molecule has 0 bridgehead atoms. The van der Waals surface area contributed by atoms with Gasteiger partial charge in [-0.2, -0.15) is 16.9 Å². The average molecular weight is 657 g/mol. The Balaban J connectivity index is 1.16. The lowest BCUT2D eigenvalue weighted by Gasteiger charge is -2.27. The summed E-state index contributed by atoms with van der Waals surface area (Å²) in [5.41, 5.74) is 13.3. The maximum absolute atomic E-state index is 13.4. The minimum Gasteiger partial charge on any atom is -0.351 e. The lowest BCUT2D eigenvalue weighted by molar-refractivity contribution is 0.201. The van der Waals surface area contributed by atoms with Crippen molar-refractivity contribution in [2.75, 3.05) is 37.7 Å². The summed E-state index contributed by atoms with van der Waals surface area (Å²) in [6, 6.07) is 20.1. The highest BCUT2D eigenvalue weighted by Gasteiger charge is 2.27. The number of thioether (sulfide) groups is 1. The maximum atomic E-state index is 13.4. The van der Waals surface area contributed by atoms with Gasteiger partial charge in [0.05, 0.1) is 17.3 Å². The molecule has 46 heavy (non-hydrogen) atoms. The van der Waals surface area contributed by atoms with Crippen LogP contribution in [-0.4, -0.2) is 63.3 Å². The number of carbonyl (C=O) groups excluding carboxylic acids is 1. The van der Waals surface area contributed by atoms with Gasteiger partial charge < -0.3 is 20.9 Å². The van der Waals surface area contributed by atoms with Crippen LogP contribution >= 0.6 is 23.4 Å². The first-order valence-electron chi connectivity index (χ1n) is 15.7. The third kappa shape index (κ3) is 8.12. The molecule has 6 rings (SSSR count). The molecular formula is C36H38ClFN6OS. The SMILES string of the molecule is NC(=O)N1CCc2c(c(-c3ccc(Cl)c(C#Cc4ccc(CNCc5cccc(F)c5)cc4)c3)nn2CCCN2CCSCC2)C1. The first-order chi connectivity index (χ1) is 22.4. The van der Waals surface area contributed by atoms with Gasteiger partial charge in [-0.1, -0.05) is 53.8 Å². The van der Waals surface area contributed by atoms with Crippen LogP contribution in [-0.2, 0) is 32.6 Å². The van der Waals surface area contributed by atoms with Crippen molar-refractivity contribution in [1.82, 2.24) is 24.9 Å². The molecule has 2 aliphatic heterocycles. The zero-order valence-corrected chi connectivity index (χ0v) is 27.3. The number of nitrogens with zero attached hydrogens (tertiary/aromatic N) is 4. The van der Waals surface area contributed by atoms with E-state index in [9.17, 15) is 9.18 Å². The van der Waals surface area contributed by atoms with Gasteiger partial charge in [0.2, 0.25) is 0 Å². The quantitative estimate of drug-likeness (QED) is 0.219. The monoisotopic (exact) mass is 656 g/mol. The van der Waals surface area contributed by atoms with Crippen molar-refractivity contribution in [3.8, 4) is 23.1 Å². The summed E-state index contributed by atoms with van der Waals surface area (Å²) >= 11 is 8.64. The number of hydrogen-bond donors (Lipinski definition) is 2. The summed E-state index contributed by atoms with van der Waals surface area (Å²) < 4.78 is 15.6. The van der Waals surface area contributed by atoms with Gasteiger partial charge in [0.25, 0.3) is 0 Å². The third-order valence-electron chi connectivity index (χ3n) is 8.48. The van der Waals surface area contributed by atoms with E-state index in [1.165, 1.54) is 23.3 Å². The fourth-order valence-corrected chi connectivity index (χ4v) is 7.12. The van der Waals surface area contributed by atoms with E-state index in [1.54, 1.807) is 17.0 Å². The second-order valence-corrected chi connectivity index (χ2v) is 13.3. The fraction of sp³-hybridized carbons (Fsp3) is 0.333. The Bertz CT molecular complexity index is 1740. The van der Waals surface area contributed by atoms with Gasteiger partial charge in [-0.05, 0) is 60.5 Å². The van der Waals surface area contributed by atoms with Crippen LogP contribution in [0, 0.1) is 17.7 Å². The molecule has 238 valence electrons. The largest absolute Gasteiger partial charge is 0.351 e. The van der Waals surface area contributed by atoms with Gasteiger partial charge in [0, 0.05) is 85.1 Å². The van der Waals surface area contributed by atoms with Crippen LogP contribution in [0.1, 0.15) is 39.9 Å². The van der Waals surface area contributed by atoms with E-state index in [4.69, 9.17) is 22.4 Å². The Morgan fingerprint density at radius 2 is 1.78 bits per heavy atom. The molecule has 3 heterocycles. The van der Waals surface area contributed by atoms with Crippen LogP contribution in [0.3, 0.4) is 0 Å². The molecule has 0 saturated carbocycles. The molecule has 3 aromatic carbocycles. The number of nitrogens with two attached hydrogens (primary N) is 1. The van der Waals surface area contributed by atoms with Crippen LogP contribution < -0.4 is 11.1 Å². The highest BCUT2D eigenvalue weighted by Crippen LogP contribution is 2.32. The first kappa shape index (κ1) is 32.1. The van der Waals surface area contributed by atoms with Crippen molar-refractivity contribution in [3.63, 3.8) is 0 Å². The van der Waals surface area contributed by atoms with Crippen LogP contribution in [0.5, 0.6) is 0 Å². The second-order valence-electron chi connectivity index (χ2n) is 11.7. The number of rotatable bonds is 9. The zero-order valence-electron chi connectivity index (χ0n) is 25.8. The standard InChI is InChI=1S/C36H38ClFN6OS/c37-33-12-11-30(22-29(33)10-9-26-5-7-27(8-6-26)23-40-24-28-3-1-4-31(38)21-28)35-32-25-43(36(39)45)16-13-34(32)44(41-35)15-2-14-42-17-19-46-20-18-42/h1,3-8,11-12,21-22,40H,2,13-20,23-25H2,(H2,39,45). The summed E-state index contributed by atoms with van der Waals surface area (Å²) in [6.45, 7) is 6.48. The summed E-state index contributed by atoms with van der Waals surface area (Å²) in [5, 5.41) is 9.01. The number of primary amides is 1. The molecule has 10 heteroatoms. The molecule has 0 radical (unpaired) electrons. The highest BCUT2D eigenvalue weighted by molar-refractivity contribution is 7.99. The number of aromatic nitrogens is 2. The van der Waals surface area contributed by atoms with Crippen LogP contribution in [0.15, 0.2) is 66.7 Å². The van der Waals surface area contributed by atoms with Crippen LogP contribution in [0.25, 0.3) is 11.3 Å². The fourth-order valence-electron chi connectivity index (χ4n) is 5.98. The summed E-state index contributed by atoms with van der Waals surface area (Å²) in [6.07, 6.45) is 1.75. The van der Waals surface area contributed by atoms with Crippen LogP contribution in [0.2, 0.25) is 5.02 Å². The van der Waals surface area contributed by atoms with E-state index in [0.717, 1.165) is 72.5 Å². The molecule has 2 amide bonds. The second kappa shape index (κ2) is 15.2. The molecule has 0 spiro atoms. The van der Waals surface area contributed by atoms with E-state index in [2.05, 4.69) is 26.7 Å². The predicted octanol–water partition coefficient (Wildman–Crippen LogP) is 5.91. The Morgan fingerprint density at radius 1 is 0.978 bits per heavy atom. The number of urea groups is 1. The number of carbonyl (C=O) groups is 1. The number of fused-ring (bicyclic) bond motifs is 1. The molecule has 7 nitrogen and oxygen atoms in total. The van der Waals surface area contributed by atoms with Gasteiger partial charge in [-0.15, -0.1) is 0 Å². The Morgan fingerprint density at radius 3 is 2.57 bits per heavy atom. The Kier molecular flexibility index (Phi) is 10.6. The lowest BCUT2D eigenvalue weighted by Crippen LogP contribution is -2.39. The molecule has 1 saturated heterocycles. The van der Waals surface area contributed by atoms with Crippen molar-refractivity contribution in [2.45, 2.75) is 39.0 Å².